The first kappa shape index (κ1) is 25.4. The number of hydrogen-bond acceptors (Lipinski definition) is 7. The number of piperazine rings is 1. The molecule has 1 unspecified atom stereocenters. The lowest BCUT2D eigenvalue weighted by Gasteiger charge is -2.44. The Kier molecular flexibility index (Phi) is 8.22. The smallest absolute Gasteiger partial charge is 0.225 e. The van der Waals surface area contributed by atoms with Crippen LogP contribution in [0, 0.1) is 11.6 Å². The Morgan fingerprint density at radius 2 is 1.54 bits per heavy atom. The van der Waals surface area contributed by atoms with Crippen molar-refractivity contribution in [1.82, 2.24) is 19.9 Å². The summed E-state index contributed by atoms with van der Waals surface area (Å²) in [6, 6.07) is 13.0. The summed E-state index contributed by atoms with van der Waals surface area (Å²) >= 11 is 7.61. The molecule has 184 valence electrons. The van der Waals surface area contributed by atoms with Gasteiger partial charge in [0, 0.05) is 39.9 Å². The minimum atomic E-state index is -0.280. The Balaban J connectivity index is 0.000000917. The lowest BCUT2D eigenvalue weighted by molar-refractivity contribution is 0.187. The molecule has 0 bridgehead atoms. The van der Waals surface area contributed by atoms with E-state index in [0.29, 0.717) is 6.54 Å². The Morgan fingerprint density at radius 1 is 0.971 bits per heavy atom. The van der Waals surface area contributed by atoms with Gasteiger partial charge in [0.1, 0.15) is 17.2 Å². The zero-order valence-corrected chi connectivity index (χ0v) is 21.2. The van der Waals surface area contributed by atoms with Gasteiger partial charge >= 0.3 is 0 Å². The van der Waals surface area contributed by atoms with E-state index in [2.05, 4.69) is 36.4 Å². The van der Waals surface area contributed by atoms with E-state index < -0.39 is 0 Å². The lowest BCUT2D eigenvalue weighted by atomic mass is 9.95. The summed E-state index contributed by atoms with van der Waals surface area (Å²) in [7, 11) is 3.25. The van der Waals surface area contributed by atoms with E-state index in [9.17, 15) is 8.78 Å². The number of halogens is 3. The van der Waals surface area contributed by atoms with Crippen LogP contribution < -0.4 is 4.90 Å². The fraction of sp³-hybridized carbons (Fsp3) is 0.320. The average Bonchev–Trinajstić information content (AvgIpc) is 3.30. The number of hydrogen-bond donors (Lipinski definition) is 0. The van der Waals surface area contributed by atoms with E-state index in [-0.39, 0.29) is 29.0 Å². The standard InChI is InChI=1S/C23H20ClF2N5S.C2H6O/c1-14-12-30(10-11-31(14)21-19-22(32-13-27-19)29-23(24)28-21)20(15-2-6-17(25)7-3-15)16-4-8-18(26)9-5-16;1-3-2/h2-9,13-14,20H,10-12H2,1H3;1-2H3. The second-order valence-electron chi connectivity index (χ2n) is 8.27. The van der Waals surface area contributed by atoms with Gasteiger partial charge in [-0.05, 0) is 53.9 Å². The van der Waals surface area contributed by atoms with E-state index >= 15 is 0 Å². The number of ether oxygens (including phenoxy) is 1. The van der Waals surface area contributed by atoms with Gasteiger partial charge in [-0.2, -0.15) is 4.98 Å². The van der Waals surface area contributed by atoms with Crippen LogP contribution in [0.2, 0.25) is 5.28 Å². The third-order valence-electron chi connectivity index (χ3n) is 5.82. The van der Waals surface area contributed by atoms with Crippen LogP contribution in [0.3, 0.4) is 0 Å². The van der Waals surface area contributed by atoms with Crippen LogP contribution in [0.5, 0.6) is 0 Å². The van der Waals surface area contributed by atoms with Crippen LogP contribution in [-0.2, 0) is 4.74 Å². The van der Waals surface area contributed by atoms with Gasteiger partial charge in [0.2, 0.25) is 5.28 Å². The molecule has 4 aromatic rings. The topological polar surface area (TPSA) is 54.4 Å². The van der Waals surface area contributed by atoms with Gasteiger partial charge in [-0.3, -0.25) is 4.90 Å². The summed E-state index contributed by atoms with van der Waals surface area (Å²) in [5.41, 5.74) is 4.43. The normalized spacial score (nSPS) is 16.4. The summed E-state index contributed by atoms with van der Waals surface area (Å²) in [5.74, 6) is 0.184. The molecule has 0 spiro atoms. The van der Waals surface area contributed by atoms with E-state index in [4.69, 9.17) is 11.6 Å². The largest absolute Gasteiger partial charge is 0.388 e. The van der Waals surface area contributed by atoms with Crippen molar-refractivity contribution in [2.45, 2.75) is 19.0 Å². The highest BCUT2D eigenvalue weighted by atomic mass is 35.5. The maximum Gasteiger partial charge on any atom is 0.225 e. The third kappa shape index (κ3) is 5.75. The zero-order valence-electron chi connectivity index (χ0n) is 19.7. The number of aromatic nitrogens is 3. The molecule has 0 N–H and O–H groups in total. The number of thiazole rings is 1. The highest BCUT2D eigenvalue weighted by Crippen LogP contribution is 2.34. The molecule has 2 aromatic heterocycles. The van der Waals surface area contributed by atoms with Gasteiger partial charge in [0.25, 0.3) is 0 Å². The molecule has 35 heavy (non-hydrogen) atoms. The highest BCUT2D eigenvalue weighted by Gasteiger charge is 2.32. The number of rotatable bonds is 4. The molecule has 1 aliphatic rings. The molecular weight excluding hydrogens is 492 g/mol. The molecular formula is C25H26ClF2N5OS. The SMILES string of the molecule is CC1CN(C(c2ccc(F)cc2)c2ccc(F)cc2)CCN1c1nc(Cl)nc2scnc12.COC. The Labute approximate surface area is 212 Å². The molecule has 0 amide bonds. The van der Waals surface area contributed by atoms with E-state index in [0.717, 1.165) is 40.4 Å². The molecule has 1 fully saturated rings. The summed E-state index contributed by atoms with van der Waals surface area (Å²) in [5, 5.41) is 0.210. The highest BCUT2D eigenvalue weighted by molar-refractivity contribution is 7.16. The molecule has 6 nitrogen and oxygen atoms in total. The van der Waals surface area contributed by atoms with Gasteiger partial charge in [0.15, 0.2) is 10.6 Å². The summed E-state index contributed by atoms with van der Waals surface area (Å²) in [6.07, 6.45) is 0. The van der Waals surface area contributed by atoms with Crippen molar-refractivity contribution in [3.8, 4) is 0 Å². The van der Waals surface area contributed by atoms with Gasteiger partial charge in [-0.25, -0.2) is 18.7 Å². The van der Waals surface area contributed by atoms with Gasteiger partial charge in [-0.1, -0.05) is 24.3 Å². The van der Waals surface area contributed by atoms with Crippen LogP contribution in [0.1, 0.15) is 24.1 Å². The predicted octanol–water partition coefficient (Wildman–Crippen LogP) is 5.58. The van der Waals surface area contributed by atoms with E-state index in [1.54, 1.807) is 44.0 Å². The van der Waals surface area contributed by atoms with Crippen LogP contribution in [0.15, 0.2) is 54.0 Å². The van der Waals surface area contributed by atoms with Crippen LogP contribution in [-0.4, -0.2) is 59.7 Å². The second-order valence-corrected chi connectivity index (χ2v) is 9.44. The van der Waals surface area contributed by atoms with Crippen LogP contribution in [0.25, 0.3) is 10.3 Å². The Hall–Kier alpha value is -2.72. The van der Waals surface area contributed by atoms with E-state index in [1.807, 2.05) is 0 Å². The van der Waals surface area contributed by atoms with Crippen molar-refractivity contribution < 1.29 is 13.5 Å². The van der Waals surface area contributed by atoms with Gasteiger partial charge < -0.3 is 9.64 Å². The predicted molar refractivity (Wildman–Crippen MR) is 136 cm³/mol. The minimum Gasteiger partial charge on any atom is -0.388 e. The summed E-state index contributed by atoms with van der Waals surface area (Å²) in [4.78, 5) is 18.5. The Bertz CT molecular complexity index is 1210. The molecule has 1 saturated heterocycles. The number of benzene rings is 2. The number of anilines is 1. The maximum atomic E-state index is 13.6. The molecule has 2 aromatic carbocycles. The van der Waals surface area contributed by atoms with E-state index in [1.165, 1.54) is 35.6 Å². The average molecular weight is 518 g/mol. The second kappa shape index (κ2) is 11.3. The number of fused-ring (bicyclic) bond motifs is 1. The van der Waals surface area contributed by atoms with Crippen molar-refractivity contribution in [1.29, 1.82) is 0 Å². The van der Waals surface area contributed by atoms with Crippen LogP contribution >= 0.6 is 22.9 Å². The molecule has 0 saturated carbocycles. The monoisotopic (exact) mass is 517 g/mol. The molecule has 0 aliphatic carbocycles. The molecule has 5 rings (SSSR count). The molecule has 0 radical (unpaired) electrons. The van der Waals surface area contributed by atoms with Crippen molar-refractivity contribution in [3.05, 3.63) is 82.1 Å². The minimum absolute atomic E-state index is 0.114. The number of methoxy groups -OCH3 is 1. The fourth-order valence-corrected chi connectivity index (χ4v) is 5.23. The first-order chi connectivity index (χ1) is 16.9. The molecule has 10 heteroatoms. The quantitative estimate of drug-likeness (QED) is 0.329. The first-order valence-electron chi connectivity index (χ1n) is 11.1. The van der Waals surface area contributed by atoms with Crippen molar-refractivity contribution >= 4 is 39.1 Å². The maximum absolute atomic E-state index is 13.6. The third-order valence-corrected chi connectivity index (χ3v) is 6.71. The first-order valence-corrected chi connectivity index (χ1v) is 12.4. The molecule has 3 heterocycles. The van der Waals surface area contributed by atoms with Crippen LogP contribution in [0.4, 0.5) is 14.6 Å². The Morgan fingerprint density at radius 3 is 2.09 bits per heavy atom. The van der Waals surface area contributed by atoms with Crippen molar-refractivity contribution in [3.63, 3.8) is 0 Å². The van der Waals surface area contributed by atoms with Gasteiger partial charge in [-0.15, -0.1) is 11.3 Å². The fourth-order valence-electron chi connectivity index (χ4n) is 4.36. The number of nitrogens with zero attached hydrogens (tertiary/aromatic N) is 5. The van der Waals surface area contributed by atoms with Gasteiger partial charge in [0.05, 0.1) is 11.6 Å². The zero-order chi connectivity index (χ0) is 24.9. The van der Waals surface area contributed by atoms with Crippen molar-refractivity contribution in [2.24, 2.45) is 0 Å². The lowest BCUT2D eigenvalue weighted by Crippen LogP contribution is -2.53. The summed E-state index contributed by atoms with van der Waals surface area (Å²) < 4.78 is 31.4. The molecule has 1 aliphatic heterocycles. The summed E-state index contributed by atoms with van der Waals surface area (Å²) in [6.45, 7) is 4.30. The van der Waals surface area contributed by atoms with Crippen molar-refractivity contribution in [2.75, 3.05) is 38.8 Å². The molecule has 1 atom stereocenters.